The second-order valence-corrected chi connectivity index (χ2v) is 5.29. The Morgan fingerprint density at radius 3 is 2.53 bits per heavy atom. The van der Waals surface area contributed by atoms with Crippen LogP contribution in [0.3, 0.4) is 0 Å². The maximum Gasteiger partial charge on any atom is 0.123 e. The van der Waals surface area contributed by atoms with Gasteiger partial charge in [-0.2, -0.15) is 0 Å². The molecule has 1 N–H and O–H groups in total. The molecule has 3 unspecified atom stereocenters. The Kier molecular flexibility index (Phi) is 4.16. The van der Waals surface area contributed by atoms with Crippen molar-refractivity contribution in [3.63, 3.8) is 0 Å². The van der Waals surface area contributed by atoms with E-state index in [1.807, 2.05) is 12.1 Å². The average Bonchev–Trinajstić information content (AvgIpc) is 2.73. The fraction of sp³-hybridized carbons (Fsp3) is 0.600. The van der Waals surface area contributed by atoms with Crippen molar-refractivity contribution in [3.8, 4) is 0 Å². The third-order valence-electron chi connectivity index (χ3n) is 3.81. The fourth-order valence-corrected chi connectivity index (χ4v) is 2.79. The first kappa shape index (κ1) is 12.6. The summed E-state index contributed by atoms with van der Waals surface area (Å²) in [6, 6.07) is 7.91. The third kappa shape index (κ3) is 3.29. The summed E-state index contributed by atoms with van der Waals surface area (Å²) in [4.78, 5) is 0. The van der Waals surface area contributed by atoms with Crippen LogP contribution in [0.2, 0.25) is 0 Å². The standard InChI is InChI=1S/C15H22FN/c1-3-15(12-5-7-13(16)8-6-12)17-14-9-4-11(2)10-14/h5-8,11,14-15,17H,3-4,9-10H2,1-2H3. The average molecular weight is 235 g/mol. The molecule has 17 heavy (non-hydrogen) atoms. The first-order chi connectivity index (χ1) is 8.19. The molecule has 0 amide bonds. The normalized spacial score (nSPS) is 26.1. The molecule has 0 spiro atoms. The summed E-state index contributed by atoms with van der Waals surface area (Å²) >= 11 is 0. The van der Waals surface area contributed by atoms with E-state index in [-0.39, 0.29) is 5.82 Å². The van der Waals surface area contributed by atoms with E-state index in [0.29, 0.717) is 12.1 Å². The minimum absolute atomic E-state index is 0.155. The van der Waals surface area contributed by atoms with Crippen LogP contribution in [0.1, 0.15) is 51.1 Å². The Morgan fingerprint density at radius 1 is 1.29 bits per heavy atom. The molecule has 1 aromatic rings. The van der Waals surface area contributed by atoms with Crippen LogP contribution >= 0.6 is 0 Å². The molecule has 2 heteroatoms. The molecule has 0 aliphatic heterocycles. The van der Waals surface area contributed by atoms with Gasteiger partial charge in [0.25, 0.3) is 0 Å². The van der Waals surface area contributed by atoms with Crippen molar-refractivity contribution >= 4 is 0 Å². The van der Waals surface area contributed by atoms with Crippen LogP contribution in [0, 0.1) is 11.7 Å². The Hall–Kier alpha value is -0.890. The number of hydrogen-bond acceptors (Lipinski definition) is 1. The van der Waals surface area contributed by atoms with E-state index in [4.69, 9.17) is 0 Å². The van der Waals surface area contributed by atoms with Crippen molar-refractivity contribution in [2.75, 3.05) is 0 Å². The van der Waals surface area contributed by atoms with Gasteiger partial charge in [-0.15, -0.1) is 0 Å². The third-order valence-corrected chi connectivity index (χ3v) is 3.81. The number of benzene rings is 1. The van der Waals surface area contributed by atoms with E-state index >= 15 is 0 Å². The van der Waals surface area contributed by atoms with Crippen molar-refractivity contribution < 1.29 is 4.39 Å². The van der Waals surface area contributed by atoms with Gasteiger partial charge in [-0.3, -0.25) is 0 Å². The lowest BCUT2D eigenvalue weighted by Crippen LogP contribution is -2.30. The van der Waals surface area contributed by atoms with Crippen molar-refractivity contribution in [2.45, 2.75) is 51.6 Å². The van der Waals surface area contributed by atoms with Gasteiger partial charge >= 0.3 is 0 Å². The predicted molar refractivity (Wildman–Crippen MR) is 69.4 cm³/mol. The quantitative estimate of drug-likeness (QED) is 0.830. The monoisotopic (exact) mass is 235 g/mol. The van der Waals surface area contributed by atoms with E-state index in [2.05, 4.69) is 19.2 Å². The largest absolute Gasteiger partial charge is 0.307 e. The Bertz CT molecular complexity index is 346. The molecular weight excluding hydrogens is 213 g/mol. The van der Waals surface area contributed by atoms with Gasteiger partial charge in [-0.1, -0.05) is 26.0 Å². The maximum atomic E-state index is 12.9. The summed E-state index contributed by atoms with van der Waals surface area (Å²) in [6.07, 6.45) is 4.94. The molecule has 1 nitrogen and oxygen atoms in total. The first-order valence-electron chi connectivity index (χ1n) is 6.70. The first-order valence-corrected chi connectivity index (χ1v) is 6.70. The summed E-state index contributed by atoms with van der Waals surface area (Å²) in [6.45, 7) is 4.50. The fourth-order valence-electron chi connectivity index (χ4n) is 2.79. The molecule has 1 aliphatic carbocycles. The minimum Gasteiger partial charge on any atom is -0.307 e. The van der Waals surface area contributed by atoms with Crippen molar-refractivity contribution in [1.82, 2.24) is 5.32 Å². The molecule has 0 radical (unpaired) electrons. The van der Waals surface area contributed by atoms with Crippen LogP contribution in [-0.2, 0) is 0 Å². The summed E-state index contributed by atoms with van der Waals surface area (Å²) in [5.74, 6) is 0.691. The van der Waals surface area contributed by atoms with Gasteiger partial charge in [-0.05, 0) is 49.3 Å². The molecule has 0 saturated heterocycles. The molecule has 0 aromatic heterocycles. The van der Waals surface area contributed by atoms with E-state index in [0.717, 1.165) is 12.3 Å². The van der Waals surface area contributed by atoms with E-state index in [1.54, 1.807) is 12.1 Å². The molecule has 0 heterocycles. The van der Waals surface area contributed by atoms with Crippen molar-refractivity contribution in [1.29, 1.82) is 0 Å². The SMILES string of the molecule is CCC(NC1CCC(C)C1)c1ccc(F)cc1. The smallest absolute Gasteiger partial charge is 0.123 e. The summed E-state index contributed by atoms with van der Waals surface area (Å²) < 4.78 is 12.9. The van der Waals surface area contributed by atoms with Gasteiger partial charge < -0.3 is 5.32 Å². The zero-order chi connectivity index (χ0) is 12.3. The highest BCUT2D eigenvalue weighted by Gasteiger charge is 2.23. The molecule has 3 atom stereocenters. The molecular formula is C15H22FN. The second-order valence-electron chi connectivity index (χ2n) is 5.29. The number of rotatable bonds is 4. The van der Waals surface area contributed by atoms with Gasteiger partial charge in [0.05, 0.1) is 0 Å². The molecule has 1 aliphatic rings. The zero-order valence-electron chi connectivity index (χ0n) is 10.7. The molecule has 2 rings (SSSR count). The zero-order valence-corrected chi connectivity index (χ0v) is 10.7. The van der Waals surface area contributed by atoms with Crippen molar-refractivity contribution in [2.24, 2.45) is 5.92 Å². The van der Waals surface area contributed by atoms with E-state index in [1.165, 1.54) is 24.8 Å². The highest BCUT2D eigenvalue weighted by molar-refractivity contribution is 5.20. The van der Waals surface area contributed by atoms with Crippen LogP contribution < -0.4 is 5.32 Å². The maximum absolute atomic E-state index is 12.9. The Balaban J connectivity index is 1.98. The van der Waals surface area contributed by atoms with Crippen molar-refractivity contribution in [3.05, 3.63) is 35.6 Å². The van der Waals surface area contributed by atoms with Crippen LogP contribution in [0.15, 0.2) is 24.3 Å². The van der Waals surface area contributed by atoms with Gasteiger partial charge in [0.2, 0.25) is 0 Å². The lowest BCUT2D eigenvalue weighted by Gasteiger charge is -2.22. The molecule has 1 fully saturated rings. The summed E-state index contributed by atoms with van der Waals surface area (Å²) in [5.41, 5.74) is 1.20. The Morgan fingerprint density at radius 2 is 2.00 bits per heavy atom. The minimum atomic E-state index is -0.155. The van der Waals surface area contributed by atoms with Gasteiger partial charge in [0.1, 0.15) is 5.82 Å². The highest BCUT2D eigenvalue weighted by Crippen LogP contribution is 2.28. The number of nitrogens with one attached hydrogen (secondary N) is 1. The van der Waals surface area contributed by atoms with Crippen LogP contribution in [-0.4, -0.2) is 6.04 Å². The number of halogens is 1. The molecule has 94 valence electrons. The lowest BCUT2D eigenvalue weighted by molar-refractivity contribution is 0.421. The summed E-state index contributed by atoms with van der Waals surface area (Å²) in [5, 5.41) is 3.71. The number of hydrogen-bond donors (Lipinski definition) is 1. The van der Waals surface area contributed by atoms with Crippen LogP contribution in [0.4, 0.5) is 4.39 Å². The Labute approximate surface area is 103 Å². The predicted octanol–water partition coefficient (Wildman–Crippen LogP) is 4.06. The molecule has 1 aromatic carbocycles. The van der Waals surface area contributed by atoms with Gasteiger partial charge in [-0.25, -0.2) is 4.39 Å². The van der Waals surface area contributed by atoms with Gasteiger partial charge in [0, 0.05) is 12.1 Å². The second kappa shape index (κ2) is 5.63. The van der Waals surface area contributed by atoms with Gasteiger partial charge in [0.15, 0.2) is 0 Å². The lowest BCUT2D eigenvalue weighted by atomic mass is 10.0. The van der Waals surface area contributed by atoms with E-state index in [9.17, 15) is 4.39 Å². The topological polar surface area (TPSA) is 12.0 Å². The van der Waals surface area contributed by atoms with Crippen LogP contribution in [0.5, 0.6) is 0 Å². The van der Waals surface area contributed by atoms with E-state index < -0.39 is 0 Å². The van der Waals surface area contributed by atoms with Crippen LogP contribution in [0.25, 0.3) is 0 Å². The molecule has 1 saturated carbocycles. The molecule has 0 bridgehead atoms. The highest BCUT2D eigenvalue weighted by atomic mass is 19.1. The summed E-state index contributed by atoms with van der Waals surface area (Å²) in [7, 11) is 0.